The Morgan fingerprint density at radius 1 is 1.14 bits per heavy atom. The van der Waals surface area contributed by atoms with Crippen LogP contribution < -0.4 is 5.32 Å². The van der Waals surface area contributed by atoms with Gasteiger partial charge in [0.15, 0.2) is 11.6 Å². The smallest absolute Gasteiger partial charge is 0.257 e. The van der Waals surface area contributed by atoms with Crippen LogP contribution >= 0.6 is 11.6 Å². The maximum atomic E-state index is 13.4. The van der Waals surface area contributed by atoms with Gasteiger partial charge >= 0.3 is 0 Å². The summed E-state index contributed by atoms with van der Waals surface area (Å²) in [6, 6.07) is 7.05. The fourth-order valence-corrected chi connectivity index (χ4v) is 5.11. The van der Waals surface area contributed by atoms with Gasteiger partial charge in [0.25, 0.3) is 5.91 Å². The van der Waals surface area contributed by atoms with E-state index in [-0.39, 0.29) is 21.5 Å². The van der Waals surface area contributed by atoms with Crippen LogP contribution in [0.25, 0.3) is 0 Å². The summed E-state index contributed by atoms with van der Waals surface area (Å²) >= 11 is 5.79. The molecule has 1 saturated heterocycles. The third kappa shape index (κ3) is 4.19. The number of rotatable bonds is 4. The van der Waals surface area contributed by atoms with Gasteiger partial charge in [-0.2, -0.15) is 4.31 Å². The quantitative estimate of drug-likeness (QED) is 0.732. The van der Waals surface area contributed by atoms with Crippen molar-refractivity contribution >= 4 is 33.2 Å². The van der Waals surface area contributed by atoms with E-state index in [2.05, 4.69) is 5.32 Å². The second-order valence-corrected chi connectivity index (χ2v) is 8.98. The molecule has 1 heterocycles. The highest BCUT2D eigenvalue weighted by Crippen LogP contribution is 2.26. The molecule has 2 aromatic carbocycles. The SMILES string of the molecule is C[C@H]1CCCCN1S(=O)(=O)c1ccc(NC(=O)c2cc(F)c(F)cc2Cl)cc1. The summed E-state index contributed by atoms with van der Waals surface area (Å²) in [5.74, 6) is -3.07. The molecule has 0 saturated carbocycles. The number of nitrogens with zero attached hydrogens (tertiary/aromatic N) is 1. The fraction of sp³-hybridized carbons (Fsp3) is 0.316. The van der Waals surface area contributed by atoms with Crippen LogP contribution in [-0.4, -0.2) is 31.2 Å². The van der Waals surface area contributed by atoms with Crippen LogP contribution in [0.1, 0.15) is 36.5 Å². The molecule has 1 atom stereocenters. The topological polar surface area (TPSA) is 66.5 Å². The Morgan fingerprint density at radius 3 is 2.43 bits per heavy atom. The van der Waals surface area contributed by atoms with E-state index >= 15 is 0 Å². The first kappa shape index (κ1) is 20.7. The van der Waals surface area contributed by atoms with Crippen molar-refractivity contribution in [3.63, 3.8) is 0 Å². The maximum Gasteiger partial charge on any atom is 0.257 e. The Balaban J connectivity index is 1.78. The number of piperidine rings is 1. The maximum absolute atomic E-state index is 13.4. The van der Waals surface area contributed by atoms with Crippen LogP contribution in [0.3, 0.4) is 0 Å². The number of carbonyl (C=O) groups is 1. The second-order valence-electron chi connectivity index (χ2n) is 6.69. The fourth-order valence-electron chi connectivity index (χ4n) is 3.17. The number of hydrogen-bond acceptors (Lipinski definition) is 3. The minimum Gasteiger partial charge on any atom is -0.322 e. The number of benzene rings is 2. The van der Waals surface area contributed by atoms with E-state index in [0.717, 1.165) is 25.3 Å². The Hall–Kier alpha value is -2.03. The summed E-state index contributed by atoms with van der Waals surface area (Å²) in [5, 5.41) is 2.26. The van der Waals surface area contributed by atoms with Crippen molar-refractivity contribution in [2.24, 2.45) is 0 Å². The molecular formula is C19H19ClF2N2O3S. The van der Waals surface area contributed by atoms with Gasteiger partial charge in [-0.05, 0) is 56.2 Å². The lowest BCUT2D eigenvalue weighted by molar-refractivity contribution is 0.102. The normalized spacial score (nSPS) is 18.1. The van der Waals surface area contributed by atoms with Gasteiger partial charge in [0, 0.05) is 18.3 Å². The van der Waals surface area contributed by atoms with Crippen molar-refractivity contribution in [3.05, 3.63) is 58.6 Å². The van der Waals surface area contributed by atoms with E-state index in [1.54, 1.807) is 0 Å². The van der Waals surface area contributed by atoms with Crippen molar-refractivity contribution < 1.29 is 22.0 Å². The molecule has 9 heteroatoms. The average molecular weight is 429 g/mol. The molecular weight excluding hydrogens is 410 g/mol. The van der Waals surface area contributed by atoms with Gasteiger partial charge < -0.3 is 5.32 Å². The number of hydrogen-bond donors (Lipinski definition) is 1. The van der Waals surface area contributed by atoms with Crippen LogP contribution in [-0.2, 0) is 10.0 Å². The minimum atomic E-state index is -3.62. The summed E-state index contributed by atoms with van der Waals surface area (Å²) in [5.41, 5.74) is 0.0795. The number of halogens is 3. The van der Waals surface area contributed by atoms with Gasteiger partial charge in [0.2, 0.25) is 10.0 Å². The largest absolute Gasteiger partial charge is 0.322 e. The monoisotopic (exact) mass is 428 g/mol. The minimum absolute atomic E-state index is 0.0614. The third-order valence-corrected chi connectivity index (χ3v) is 7.06. The Bertz CT molecular complexity index is 997. The Morgan fingerprint density at radius 2 is 1.79 bits per heavy atom. The number of carbonyl (C=O) groups excluding carboxylic acids is 1. The molecule has 3 rings (SSSR count). The summed E-state index contributed by atoms with van der Waals surface area (Å²) in [6.07, 6.45) is 2.65. The lowest BCUT2D eigenvalue weighted by Gasteiger charge is -2.32. The highest BCUT2D eigenvalue weighted by Gasteiger charge is 2.30. The Kier molecular flexibility index (Phi) is 6.02. The lowest BCUT2D eigenvalue weighted by Crippen LogP contribution is -2.41. The summed E-state index contributed by atoms with van der Waals surface area (Å²) in [6.45, 7) is 2.37. The van der Waals surface area contributed by atoms with Crippen LogP contribution in [0.4, 0.5) is 14.5 Å². The zero-order valence-corrected chi connectivity index (χ0v) is 16.7. The Labute approximate surface area is 167 Å². The molecule has 1 amide bonds. The highest BCUT2D eigenvalue weighted by atomic mass is 35.5. The van der Waals surface area contributed by atoms with Gasteiger partial charge in [-0.1, -0.05) is 18.0 Å². The van der Waals surface area contributed by atoms with Crippen LogP contribution in [0.5, 0.6) is 0 Å². The summed E-state index contributed by atoms with van der Waals surface area (Å²) in [7, 11) is -3.62. The summed E-state index contributed by atoms with van der Waals surface area (Å²) < 4.78 is 53.6. The molecule has 150 valence electrons. The van der Waals surface area contributed by atoms with Crippen molar-refractivity contribution in [2.45, 2.75) is 37.1 Å². The third-order valence-electron chi connectivity index (χ3n) is 4.72. The van der Waals surface area contributed by atoms with Gasteiger partial charge in [-0.15, -0.1) is 0 Å². The molecule has 0 aromatic heterocycles. The van der Waals surface area contributed by atoms with Crippen molar-refractivity contribution in [1.82, 2.24) is 4.31 Å². The molecule has 2 aromatic rings. The van der Waals surface area contributed by atoms with E-state index in [4.69, 9.17) is 11.6 Å². The van der Waals surface area contributed by atoms with E-state index in [0.29, 0.717) is 18.3 Å². The predicted molar refractivity (Wildman–Crippen MR) is 103 cm³/mol. The molecule has 0 spiro atoms. The van der Waals surface area contributed by atoms with Crippen LogP contribution in [0, 0.1) is 11.6 Å². The van der Waals surface area contributed by atoms with Gasteiger partial charge in [0.05, 0.1) is 15.5 Å². The standard InChI is InChI=1S/C19H19ClF2N2O3S/c1-12-4-2-3-9-24(12)28(26,27)14-7-5-13(6-8-14)23-19(25)15-10-17(21)18(22)11-16(15)20/h5-8,10-12H,2-4,9H2,1H3,(H,23,25)/t12-/m0/s1. The lowest BCUT2D eigenvalue weighted by atomic mass is 10.1. The van der Waals surface area contributed by atoms with Gasteiger partial charge in [0.1, 0.15) is 0 Å². The molecule has 1 aliphatic heterocycles. The van der Waals surface area contributed by atoms with Crippen molar-refractivity contribution in [1.29, 1.82) is 0 Å². The number of amides is 1. The second kappa shape index (κ2) is 8.14. The first-order chi connectivity index (χ1) is 13.2. The van der Waals surface area contributed by atoms with E-state index in [1.807, 2.05) is 6.92 Å². The molecule has 1 fully saturated rings. The van der Waals surface area contributed by atoms with Crippen LogP contribution in [0.15, 0.2) is 41.3 Å². The highest BCUT2D eigenvalue weighted by molar-refractivity contribution is 7.89. The van der Waals surface area contributed by atoms with Crippen LogP contribution in [0.2, 0.25) is 5.02 Å². The molecule has 0 aliphatic carbocycles. The zero-order chi connectivity index (χ0) is 20.5. The molecule has 0 bridgehead atoms. The predicted octanol–water partition coefficient (Wildman–Crippen LogP) is 4.43. The van der Waals surface area contributed by atoms with Crippen molar-refractivity contribution in [3.8, 4) is 0 Å². The number of nitrogens with one attached hydrogen (secondary N) is 1. The number of anilines is 1. The first-order valence-electron chi connectivity index (χ1n) is 8.78. The van der Waals surface area contributed by atoms with E-state index in [9.17, 15) is 22.0 Å². The van der Waals surface area contributed by atoms with E-state index in [1.165, 1.54) is 28.6 Å². The molecule has 5 nitrogen and oxygen atoms in total. The van der Waals surface area contributed by atoms with Gasteiger partial charge in [-0.3, -0.25) is 4.79 Å². The molecule has 28 heavy (non-hydrogen) atoms. The zero-order valence-electron chi connectivity index (χ0n) is 15.1. The molecule has 0 radical (unpaired) electrons. The summed E-state index contributed by atoms with van der Waals surface area (Å²) in [4.78, 5) is 12.4. The van der Waals surface area contributed by atoms with E-state index < -0.39 is 27.6 Å². The van der Waals surface area contributed by atoms with Gasteiger partial charge in [-0.25, -0.2) is 17.2 Å². The average Bonchev–Trinajstić information content (AvgIpc) is 2.65. The molecule has 1 aliphatic rings. The first-order valence-corrected chi connectivity index (χ1v) is 10.6. The van der Waals surface area contributed by atoms with Crippen molar-refractivity contribution in [2.75, 3.05) is 11.9 Å². The molecule has 0 unspecified atom stereocenters. The number of sulfonamides is 1. The molecule has 1 N–H and O–H groups in total.